The number of alkyl halides is 6. The summed E-state index contributed by atoms with van der Waals surface area (Å²) in [7, 11) is 0. The molecule has 2 atom stereocenters. The van der Waals surface area contributed by atoms with Gasteiger partial charge >= 0.3 is 23.6 Å². The normalized spacial score (nSPS) is 22.8. The maximum absolute atomic E-state index is 15.5. The van der Waals surface area contributed by atoms with Crippen LogP contribution < -0.4 is 9.47 Å². The van der Waals surface area contributed by atoms with Crippen molar-refractivity contribution < 1.29 is 56.2 Å². The standard InChI is InChI=1S/C28H18F6O6/c29-25(30)26(31,32)28(34,40-24-7-3-16(4-8-24)18-11-21(37)14-22(38)12-18)27(25,33)39-23-5-1-15(2-6-23)17-9-19(35)13-20(36)10-17/h1-14,35-38H. The lowest BCUT2D eigenvalue weighted by molar-refractivity contribution is -0.527. The van der Waals surface area contributed by atoms with E-state index in [9.17, 15) is 38.0 Å². The zero-order chi connectivity index (χ0) is 29.1. The average Bonchev–Trinajstić information content (AvgIpc) is 2.87. The second-order valence-electron chi connectivity index (χ2n) is 9.07. The van der Waals surface area contributed by atoms with Gasteiger partial charge in [-0.2, -0.15) is 26.3 Å². The highest BCUT2D eigenvalue weighted by molar-refractivity contribution is 5.68. The van der Waals surface area contributed by atoms with Gasteiger partial charge in [-0.3, -0.25) is 0 Å². The molecule has 0 radical (unpaired) electrons. The van der Waals surface area contributed by atoms with Gasteiger partial charge in [-0.25, -0.2) is 0 Å². The van der Waals surface area contributed by atoms with E-state index in [0.717, 1.165) is 36.4 Å². The van der Waals surface area contributed by atoms with Crippen LogP contribution in [0.5, 0.6) is 34.5 Å². The number of hydrogen-bond acceptors (Lipinski definition) is 6. The van der Waals surface area contributed by atoms with Crippen molar-refractivity contribution in [2.45, 2.75) is 23.6 Å². The Morgan fingerprint density at radius 2 is 0.675 bits per heavy atom. The molecule has 1 fully saturated rings. The molecule has 1 aliphatic rings. The minimum absolute atomic E-state index is 0.270. The van der Waals surface area contributed by atoms with Gasteiger partial charge in [0.2, 0.25) is 0 Å². The van der Waals surface area contributed by atoms with Crippen molar-refractivity contribution in [2.24, 2.45) is 0 Å². The fourth-order valence-electron chi connectivity index (χ4n) is 4.28. The highest BCUT2D eigenvalue weighted by Crippen LogP contribution is 2.68. The first-order valence-corrected chi connectivity index (χ1v) is 11.5. The van der Waals surface area contributed by atoms with Gasteiger partial charge in [0.1, 0.15) is 34.5 Å². The van der Waals surface area contributed by atoms with Crippen LogP contribution in [0.2, 0.25) is 0 Å². The Kier molecular flexibility index (Phi) is 5.97. The molecule has 12 heteroatoms. The van der Waals surface area contributed by atoms with Crippen molar-refractivity contribution in [1.29, 1.82) is 0 Å². The SMILES string of the molecule is Oc1cc(O)cc(-c2ccc(OC3(F)C(F)(F)C(F)(F)C3(F)Oc3ccc(-c4cc(O)cc(O)c4)cc3)cc2)c1. The van der Waals surface area contributed by atoms with Crippen molar-refractivity contribution in [2.75, 3.05) is 0 Å². The van der Waals surface area contributed by atoms with Gasteiger partial charge in [-0.1, -0.05) is 24.3 Å². The van der Waals surface area contributed by atoms with Crippen LogP contribution >= 0.6 is 0 Å². The number of aromatic hydroxyl groups is 4. The largest absolute Gasteiger partial charge is 0.508 e. The van der Waals surface area contributed by atoms with Gasteiger partial charge in [-0.15, -0.1) is 0 Å². The van der Waals surface area contributed by atoms with Gasteiger partial charge in [-0.05, 0) is 70.8 Å². The Labute approximate surface area is 221 Å². The average molecular weight is 564 g/mol. The number of rotatable bonds is 6. The Morgan fingerprint density at radius 3 is 0.950 bits per heavy atom. The third kappa shape index (κ3) is 3.98. The van der Waals surface area contributed by atoms with E-state index in [0.29, 0.717) is 11.1 Å². The van der Waals surface area contributed by atoms with Crippen LogP contribution in [0.4, 0.5) is 26.3 Å². The van der Waals surface area contributed by atoms with Crippen molar-refractivity contribution >= 4 is 0 Å². The Balaban J connectivity index is 1.42. The second-order valence-corrected chi connectivity index (χ2v) is 9.07. The van der Waals surface area contributed by atoms with Gasteiger partial charge in [0.25, 0.3) is 0 Å². The van der Waals surface area contributed by atoms with Crippen LogP contribution in [0.25, 0.3) is 22.3 Å². The first kappa shape index (κ1) is 26.9. The molecule has 0 aliphatic heterocycles. The minimum atomic E-state index is -5.64. The molecule has 0 heterocycles. The first-order valence-electron chi connectivity index (χ1n) is 11.5. The van der Waals surface area contributed by atoms with Gasteiger partial charge in [0.05, 0.1) is 0 Å². The molecule has 0 spiro atoms. The molecule has 0 bridgehead atoms. The lowest BCUT2D eigenvalue weighted by atomic mass is 9.76. The molecule has 4 aromatic carbocycles. The quantitative estimate of drug-likeness (QED) is 0.190. The van der Waals surface area contributed by atoms with E-state index in [2.05, 4.69) is 9.47 Å². The van der Waals surface area contributed by atoms with Gasteiger partial charge in [0.15, 0.2) is 0 Å². The van der Waals surface area contributed by atoms with Crippen molar-refractivity contribution in [3.05, 3.63) is 84.9 Å². The molecular formula is C28H18F6O6. The summed E-state index contributed by atoms with van der Waals surface area (Å²) in [6, 6.07) is 15.5. The van der Waals surface area contributed by atoms with Crippen LogP contribution in [0.15, 0.2) is 84.9 Å². The smallest absolute Gasteiger partial charge is 0.395 e. The number of phenolic OH excluding ortho intramolecular Hbond substituents is 4. The van der Waals surface area contributed by atoms with Crippen LogP contribution in [-0.4, -0.2) is 44.0 Å². The third-order valence-corrected chi connectivity index (χ3v) is 6.31. The lowest BCUT2D eigenvalue weighted by Gasteiger charge is -2.55. The maximum atomic E-state index is 15.5. The maximum Gasteiger partial charge on any atom is 0.395 e. The summed E-state index contributed by atoms with van der Waals surface area (Å²) in [4.78, 5) is 0. The van der Waals surface area contributed by atoms with E-state index in [4.69, 9.17) is 0 Å². The zero-order valence-electron chi connectivity index (χ0n) is 20.0. The monoisotopic (exact) mass is 564 g/mol. The van der Waals surface area contributed by atoms with E-state index in [1.807, 2.05) is 0 Å². The number of hydrogen-bond donors (Lipinski definition) is 4. The number of benzene rings is 4. The Morgan fingerprint density at radius 1 is 0.400 bits per heavy atom. The summed E-state index contributed by atoms with van der Waals surface area (Å²) in [5.74, 6) is -23.8. The highest BCUT2D eigenvalue weighted by atomic mass is 19.3. The first-order chi connectivity index (χ1) is 18.7. The minimum Gasteiger partial charge on any atom is -0.508 e. The van der Waals surface area contributed by atoms with Gasteiger partial charge in [0, 0.05) is 12.1 Å². The summed E-state index contributed by atoms with van der Waals surface area (Å²) in [6.45, 7) is 0. The molecule has 4 N–H and O–H groups in total. The summed E-state index contributed by atoms with van der Waals surface area (Å²) >= 11 is 0. The van der Waals surface area contributed by atoms with E-state index < -0.39 is 35.1 Å². The lowest BCUT2D eigenvalue weighted by Crippen LogP contribution is -2.89. The molecule has 208 valence electrons. The highest BCUT2D eigenvalue weighted by Gasteiger charge is 3.03. The predicted molar refractivity (Wildman–Crippen MR) is 129 cm³/mol. The number of ether oxygens (including phenoxy) is 2. The van der Waals surface area contributed by atoms with Crippen molar-refractivity contribution in [1.82, 2.24) is 0 Å². The van der Waals surface area contributed by atoms with Crippen LogP contribution in [0.1, 0.15) is 0 Å². The fourth-order valence-corrected chi connectivity index (χ4v) is 4.28. The topological polar surface area (TPSA) is 99.4 Å². The van der Waals surface area contributed by atoms with Crippen molar-refractivity contribution in [3.63, 3.8) is 0 Å². The summed E-state index contributed by atoms with van der Waals surface area (Å²) in [5.41, 5.74) is 1.12. The predicted octanol–water partition coefficient (Wildman–Crippen LogP) is 6.92. The molecule has 5 rings (SSSR count). The molecule has 4 aromatic rings. The van der Waals surface area contributed by atoms with E-state index >= 15 is 8.78 Å². The zero-order valence-corrected chi connectivity index (χ0v) is 20.0. The molecule has 0 aromatic heterocycles. The molecule has 0 saturated heterocycles. The summed E-state index contributed by atoms with van der Waals surface area (Å²) in [5, 5.41) is 38.5. The Hall–Kier alpha value is -4.74. The van der Waals surface area contributed by atoms with E-state index in [1.54, 1.807) is 0 Å². The van der Waals surface area contributed by atoms with Crippen LogP contribution in [-0.2, 0) is 0 Å². The van der Waals surface area contributed by atoms with Crippen LogP contribution in [0.3, 0.4) is 0 Å². The third-order valence-electron chi connectivity index (χ3n) is 6.31. The molecule has 1 aliphatic carbocycles. The van der Waals surface area contributed by atoms with E-state index in [1.165, 1.54) is 48.5 Å². The number of phenols is 4. The fraction of sp³-hybridized carbons (Fsp3) is 0.143. The van der Waals surface area contributed by atoms with Crippen molar-refractivity contribution in [3.8, 4) is 56.8 Å². The molecule has 40 heavy (non-hydrogen) atoms. The molecule has 2 unspecified atom stereocenters. The summed E-state index contributed by atoms with van der Waals surface area (Å²) < 4.78 is 97.4. The van der Waals surface area contributed by atoms with Crippen LogP contribution in [0, 0.1) is 0 Å². The van der Waals surface area contributed by atoms with Gasteiger partial charge < -0.3 is 29.9 Å². The molecule has 6 nitrogen and oxygen atoms in total. The summed E-state index contributed by atoms with van der Waals surface area (Å²) in [6.07, 6.45) is 0. The Bertz CT molecular complexity index is 1420. The van der Waals surface area contributed by atoms with E-state index in [-0.39, 0.29) is 34.1 Å². The molecule has 1 saturated carbocycles. The molecular weight excluding hydrogens is 546 g/mol. The molecule has 0 amide bonds. The number of halogens is 6. The second kappa shape index (κ2) is 8.90.